The number of likely N-dealkylation sites (tertiary alicyclic amines) is 1. The van der Waals surface area contributed by atoms with E-state index in [0.717, 1.165) is 31.5 Å². The van der Waals surface area contributed by atoms with E-state index in [2.05, 4.69) is 22.8 Å². The van der Waals surface area contributed by atoms with E-state index in [4.69, 9.17) is 4.74 Å². The van der Waals surface area contributed by atoms with Crippen molar-refractivity contribution in [1.29, 1.82) is 0 Å². The van der Waals surface area contributed by atoms with Gasteiger partial charge < -0.3 is 10.1 Å². The Morgan fingerprint density at radius 3 is 2.58 bits per heavy atom. The number of hydrogen-bond donors (Lipinski definition) is 2. The molecular weight excluding hydrogens is 330 g/mol. The van der Waals surface area contributed by atoms with Gasteiger partial charge in [0.1, 0.15) is 6.61 Å². The van der Waals surface area contributed by atoms with Crippen LogP contribution >= 0.6 is 12.6 Å². The summed E-state index contributed by atoms with van der Waals surface area (Å²) >= 11 is 4.41. The number of nitrogens with one attached hydrogen (secondary N) is 1. The molecule has 0 spiro atoms. The summed E-state index contributed by atoms with van der Waals surface area (Å²) in [6.07, 6.45) is 1.78. The van der Waals surface area contributed by atoms with E-state index >= 15 is 0 Å². The first-order valence-corrected chi connectivity index (χ1v) is 8.59. The quantitative estimate of drug-likeness (QED) is 0.466. The summed E-state index contributed by atoms with van der Waals surface area (Å²) in [5, 5.41) is 13.9. The van der Waals surface area contributed by atoms with Crippen LogP contribution in [0.1, 0.15) is 18.4 Å². The Kier molecular flexibility index (Phi) is 5.25. The Labute approximate surface area is 145 Å². The number of carbonyl (C=O) groups excluding carboxylic acids is 1. The summed E-state index contributed by atoms with van der Waals surface area (Å²) in [5.41, 5.74) is 0.743. The molecule has 7 nitrogen and oxygen atoms in total. The van der Waals surface area contributed by atoms with Gasteiger partial charge in [0.2, 0.25) is 0 Å². The number of nitro benzene ring substituents is 1. The molecule has 1 saturated heterocycles. The molecule has 3 rings (SSSR count). The molecule has 8 heteroatoms. The predicted octanol–water partition coefficient (Wildman–Crippen LogP) is 2.21. The van der Waals surface area contributed by atoms with Gasteiger partial charge >= 0.3 is 6.09 Å². The second kappa shape index (κ2) is 7.40. The van der Waals surface area contributed by atoms with Gasteiger partial charge in [-0.2, -0.15) is 12.6 Å². The van der Waals surface area contributed by atoms with Gasteiger partial charge in [0, 0.05) is 43.1 Å². The number of carbonyl (C=O) groups is 1. The summed E-state index contributed by atoms with van der Waals surface area (Å²) in [6, 6.07) is 6.62. The molecule has 1 aromatic carbocycles. The van der Waals surface area contributed by atoms with E-state index in [9.17, 15) is 14.9 Å². The van der Waals surface area contributed by atoms with Gasteiger partial charge in [-0.15, -0.1) is 0 Å². The highest BCUT2D eigenvalue weighted by Crippen LogP contribution is 2.34. The summed E-state index contributed by atoms with van der Waals surface area (Å²) in [4.78, 5) is 24.3. The molecule has 1 amide bonds. The van der Waals surface area contributed by atoms with Gasteiger partial charge in [-0.1, -0.05) is 0 Å². The largest absolute Gasteiger partial charge is 0.445 e. The number of thiol groups is 1. The normalized spacial score (nSPS) is 23.9. The van der Waals surface area contributed by atoms with E-state index in [0.29, 0.717) is 23.8 Å². The maximum absolute atomic E-state index is 11.7. The minimum absolute atomic E-state index is 0.0224. The molecule has 2 aliphatic rings. The maximum atomic E-state index is 11.7. The van der Waals surface area contributed by atoms with Crippen LogP contribution in [0.3, 0.4) is 0 Å². The maximum Gasteiger partial charge on any atom is 0.407 e. The van der Waals surface area contributed by atoms with Crippen LogP contribution < -0.4 is 5.32 Å². The van der Waals surface area contributed by atoms with Gasteiger partial charge in [0.25, 0.3) is 5.69 Å². The Balaban J connectivity index is 1.30. The topological polar surface area (TPSA) is 84.7 Å². The average molecular weight is 351 g/mol. The molecule has 1 heterocycles. The Hall–Kier alpha value is -1.80. The SMILES string of the molecule is O=C(NCC1CC(N2CC(S)C2)C1)OCc1ccc([N+](=O)[O-])cc1. The zero-order valence-corrected chi connectivity index (χ0v) is 14.2. The van der Waals surface area contributed by atoms with Gasteiger partial charge in [0.15, 0.2) is 0 Å². The molecule has 1 aliphatic carbocycles. The van der Waals surface area contributed by atoms with Crippen LogP contribution in [0.4, 0.5) is 10.5 Å². The smallest absolute Gasteiger partial charge is 0.407 e. The van der Waals surface area contributed by atoms with Gasteiger partial charge in [-0.05, 0) is 36.5 Å². The van der Waals surface area contributed by atoms with E-state index in [1.54, 1.807) is 12.1 Å². The van der Waals surface area contributed by atoms with Gasteiger partial charge in [0.05, 0.1) is 4.92 Å². The summed E-state index contributed by atoms with van der Waals surface area (Å²) < 4.78 is 5.13. The van der Waals surface area contributed by atoms with Crippen LogP contribution in [0, 0.1) is 16.0 Å². The fraction of sp³-hybridized carbons (Fsp3) is 0.562. The van der Waals surface area contributed by atoms with Crippen LogP contribution in [0.5, 0.6) is 0 Å². The second-order valence-electron chi connectivity index (χ2n) is 6.48. The molecule has 1 saturated carbocycles. The summed E-state index contributed by atoms with van der Waals surface area (Å²) in [5.74, 6) is 0.515. The summed E-state index contributed by atoms with van der Waals surface area (Å²) in [7, 11) is 0. The van der Waals surface area contributed by atoms with Crippen molar-refractivity contribution >= 4 is 24.4 Å². The first-order chi connectivity index (χ1) is 11.5. The zero-order chi connectivity index (χ0) is 17.1. The lowest BCUT2D eigenvalue weighted by Gasteiger charge is -2.49. The van der Waals surface area contributed by atoms with Crippen LogP contribution in [0.15, 0.2) is 24.3 Å². The molecule has 0 unspecified atom stereocenters. The lowest BCUT2D eigenvalue weighted by atomic mass is 9.78. The van der Waals surface area contributed by atoms with Gasteiger partial charge in [-0.3, -0.25) is 15.0 Å². The highest BCUT2D eigenvalue weighted by Gasteiger charge is 2.38. The third-order valence-corrected chi connectivity index (χ3v) is 5.00. The van der Waals surface area contributed by atoms with Crippen molar-refractivity contribution in [3.05, 3.63) is 39.9 Å². The van der Waals surface area contributed by atoms with Crippen molar-refractivity contribution in [1.82, 2.24) is 10.2 Å². The van der Waals surface area contributed by atoms with Crippen LogP contribution in [-0.4, -0.2) is 46.8 Å². The molecule has 0 radical (unpaired) electrons. The summed E-state index contributed by atoms with van der Waals surface area (Å²) in [6.45, 7) is 2.89. The van der Waals surface area contributed by atoms with Crippen molar-refractivity contribution in [2.45, 2.75) is 30.7 Å². The monoisotopic (exact) mass is 351 g/mol. The molecule has 0 aromatic heterocycles. The molecule has 130 valence electrons. The lowest BCUT2D eigenvalue weighted by molar-refractivity contribution is -0.384. The van der Waals surface area contributed by atoms with E-state index in [1.165, 1.54) is 12.1 Å². The standard InChI is InChI=1S/C16H21N3O4S/c20-16(23-10-11-1-3-13(4-2-11)19(21)22)17-7-12-5-14(6-12)18-8-15(24)9-18/h1-4,12,14-15,24H,5-10H2,(H,17,20). The molecule has 0 bridgehead atoms. The Morgan fingerprint density at radius 1 is 1.33 bits per heavy atom. The zero-order valence-electron chi connectivity index (χ0n) is 13.3. The second-order valence-corrected chi connectivity index (χ2v) is 7.21. The number of benzene rings is 1. The third kappa shape index (κ3) is 4.18. The van der Waals surface area contributed by atoms with Crippen molar-refractivity contribution < 1.29 is 14.5 Å². The Morgan fingerprint density at radius 2 is 2.00 bits per heavy atom. The third-order valence-electron chi connectivity index (χ3n) is 4.67. The van der Waals surface area contributed by atoms with Crippen molar-refractivity contribution in [2.75, 3.05) is 19.6 Å². The lowest BCUT2D eigenvalue weighted by Crippen LogP contribution is -2.58. The molecule has 2 fully saturated rings. The molecular formula is C16H21N3O4S. The van der Waals surface area contributed by atoms with E-state index < -0.39 is 11.0 Å². The number of hydrogen-bond acceptors (Lipinski definition) is 6. The minimum Gasteiger partial charge on any atom is -0.445 e. The number of ether oxygens (including phenoxy) is 1. The number of rotatable bonds is 6. The first kappa shape index (κ1) is 17.0. The van der Waals surface area contributed by atoms with Crippen LogP contribution in [-0.2, 0) is 11.3 Å². The van der Waals surface area contributed by atoms with E-state index in [-0.39, 0.29) is 12.3 Å². The molecule has 1 aliphatic heterocycles. The molecule has 24 heavy (non-hydrogen) atoms. The van der Waals surface area contributed by atoms with Gasteiger partial charge in [-0.25, -0.2) is 4.79 Å². The molecule has 0 atom stereocenters. The van der Waals surface area contributed by atoms with Crippen LogP contribution in [0.2, 0.25) is 0 Å². The molecule has 1 aromatic rings. The number of nitro groups is 1. The van der Waals surface area contributed by atoms with Crippen molar-refractivity contribution in [3.63, 3.8) is 0 Å². The number of non-ortho nitro benzene ring substituents is 1. The van der Waals surface area contributed by atoms with Crippen molar-refractivity contribution in [3.8, 4) is 0 Å². The number of amides is 1. The highest BCUT2D eigenvalue weighted by molar-refractivity contribution is 7.81. The Bertz CT molecular complexity index is 598. The predicted molar refractivity (Wildman–Crippen MR) is 92.1 cm³/mol. The van der Waals surface area contributed by atoms with E-state index in [1.807, 2.05) is 0 Å². The minimum atomic E-state index is -0.459. The number of alkyl carbamates (subject to hydrolysis) is 1. The highest BCUT2D eigenvalue weighted by atomic mass is 32.1. The fourth-order valence-corrected chi connectivity index (χ4v) is 3.51. The number of nitrogens with zero attached hydrogens (tertiary/aromatic N) is 2. The van der Waals surface area contributed by atoms with Crippen molar-refractivity contribution in [2.24, 2.45) is 5.92 Å². The molecule has 1 N–H and O–H groups in total. The fourth-order valence-electron chi connectivity index (χ4n) is 3.09. The first-order valence-electron chi connectivity index (χ1n) is 8.07. The average Bonchev–Trinajstić information content (AvgIpc) is 2.49. The van der Waals surface area contributed by atoms with Crippen LogP contribution in [0.25, 0.3) is 0 Å².